The van der Waals surface area contributed by atoms with Gasteiger partial charge in [-0.3, -0.25) is 9.88 Å². The molecule has 5 heteroatoms. The van der Waals surface area contributed by atoms with E-state index in [4.69, 9.17) is 15.7 Å². The lowest BCUT2D eigenvalue weighted by atomic mass is 9.90. The second-order valence-corrected chi connectivity index (χ2v) is 9.01. The molecule has 5 rings (SSSR count). The van der Waals surface area contributed by atoms with Gasteiger partial charge in [-0.1, -0.05) is 48.5 Å². The van der Waals surface area contributed by atoms with Crippen LogP contribution in [0.3, 0.4) is 0 Å². The maximum absolute atomic E-state index is 5.79. The van der Waals surface area contributed by atoms with E-state index in [-0.39, 0.29) is 0 Å². The van der Waals surface area contributed by atoms with E-state index >= 15 is 0 Å². The fourth-order valence-corrected chi connectivity index (χ4v) is 5.13. The normalized spacial score (nSPS) is 15.8. The largest absolute Gasteiger partial charge is 0.330 e. The molecule has 5 nitrogen and oxygen atoms in total. The van der Waals surface area contributed by atoms with Crippen LogP contribution in [-0.4, -0.2) is 26.0 Å². The molecule has 0 aliphatic heterocycles. The van der Waals surface area contributed by atoms with E-state index in [1.54, 1.807) is 0 Å². The maximum atomic E-state index is 5.79. The quantitative estimate of drug-likeness (QED) is 0.362. The zero-order valence-corrected chi connectivity index (χ0v) is 19.2. The van der Waals surface area contributed by atoms with Gasteiger partial charge in [0, 0.05) is 19.3 Å². The summed E-state index contributed by atoms with van der Waals surface area (Å²) in [6.07, 6.45) is 7.48. The number of aromatic nitrogens is 3. The molecule has 1 unspecified atom stereocenters. The molecule has 1 aliphatic carbocycles. The van der Waals surface area contributed by atoms with Crippen LogP contribution in [0.25, 0.3) is 11.0 Å². The van der Waals surface area contributed by atoms with Gasteiger partial charge in [-0.05, 0) is 68.0 Å². The van der Waals surface area contributed by atoms with E-state index in [1.165, 1.54) is 28.8 Å². The highest BCUT2D eigenvalue weighted by Gasteiger charge is 2.28. The molecule has 0 fully saturated rings. The van der Waals surface area contributed by atoms with Crippen molar-refractivity contribution in [3.05, 3.63) is 95.6 Å². The van der Waals surface area contributed by atoms with Gasteiger partial charge in [-0.15, -0.1) is 0 Å². The molecule has 0 spiro atoms. The Labute approximate surface area is 196 Å². The lowest BCUT2D eigenvalue weighted by molar-refractivity contribution is 0.151. The van der Waals surface area contributed by atoms with Crippen molar-refractivity contribution < 1.29 is 0 Å². The topological polar surface area (TPSA) is 60.0 Å². The van der Waals surface area contributed by atoms with Crippen molar-refractivity contribution >= 4 is 11.0 Å². The standard InChI is InChI=1S/C28H33N5/c29-17-6-7-19-33-25-15-5-4-14-24(25)31-27(33)21-32(20-22-10-2-1-3-11-22)26-16-8-12-23-13-9-18-30-28(23)26/h1-5,9-11,13-15,18,26H,6-8,12,16-17,19-21,29H2. The lowest BCUT2D eigenvalue weighted by Gasteiger charge is -2.35. The Kier molecular flexibility index (Phi) is 6.79. The number of nitrogens with zero attached hydrogens (tertiary/aromatic N) is 4. The minimum Gasteiger partial charge on any atom is -0.330 e. The first kappa shape index (κ1) is 21.8. The second-order valence-electron chi connectivity index (χ2n) is 9.01. The Balaban J connectivity index is 1.52. The van der Waals surface area contributed by atoms with E-state index in [9.17, 15) is 0 Å². The molecule has 2 aromatic heterocycles. The zero-order chi connectivity index (χ0) is 22.5. The molecule has 0 amide bonds. The number of imidazole rings is 1. The van der Waals surface area contributed by atoms with E-state index in [0.29, 0.717) is 6.04 Å². The monoisotopic (exact) mass is 439 g/mol. The van der Waals surface area contributed by atoms with Crippen molar-refractivity contribution in [2.45, 2.75) is 57.8 Å². The molecule has 1 aliphatic rings. The number of rotatable bonds is 9. The highest BCUT2D eigenvalue weighted by molar-refractivity contribution is 5.75. The first-order chi connectivity index (χ1) is 16.3. The number of nitrogens with two attached hydrogens (primary N) is 1. The fraction of sp³-hybridized carbons (Fsp3) is 0.357. The summed E-state index contributed by atoms with van der Waals surface area (Å²) in [5.41, 5.74) is 12.0. The first-order valence-electron chi connectivity index (χ1n) is 12.2. The molecule has 0 saturated heterocycles. The predicted octanol–water partition coefficient (Wildman–Crippen LogP) is 5.25. The Bertz CT molecular complexity index is 1180. The summed E-state index contributed by atoms with van der Waals surface area (Å²) in [5.74, 6) is 1.13. The fourth-order valence-electron chi connectivity index (χ4n) is 5.13. The molecule has 0 radical (unpaired) electrons. The maximum Gasteiger partial charge on any atom is 0.124 e. The average Bonchev–Trinajstić information content (AvgIpc) is 3.21. The van der Waals surface area contributed by atoms with Gasteiger partial charge in [0.05, 0.1) is 29.3 Å². The van der Waals surface area contributed by atoms with Crippen LogP contribution in [0.4, 0.5) is 0 Å². The van der Waals surface area contributed by atoms with Crippen LogP contribution in [-0.2, 0) is 26.1 Å². The minimum atomic E-state index is 0.299. The summed E-state index contributed by atoms with van der Waals surface area (Å²) in [7, 11) is 0. The molecule has 2 aromatic carbocycles. The van der Waals surface area contributed by atoms with Crippen molar-refractivity contribution in [2.75, 3.05) is 6.54 Å². The zero-order valence-electron chi connectivity index (χ0n) is 19.2. The minimum absolute atomic E-state index is 0.299. The molecule has 1 atom stereocenters. The highest BCUT2D eigenvalue weighted by Crippen LogP contribution is 2.35. The van der Waals surface area contributed by atoms with Crippen molar-refractivity contribution in [1.82, 2.24) is 19.4 Å². The molecule has 170 valence electrons. The van der Waals surface area contributed by atoms with Gasteiger partial charge in [-0.2, -0.15) is 0 Å². The summed E-state index contributed by atoms with van der Waals surface area (Å²) >= 11 is 0. The Hall–Kier alpha value is -3.02. The summed E-state index contributed by atoms with van der Waals surface area (Å²) in [4.78, 5) is 12.5. The van der Waals surface area contributed by atoms with Crippen LogP contribution in [0.15, 0.2) is 72.9 Å². The molecular formula is C28H33N5. The van der Waals surface area contributed by atoms with E-state index in [1.807, 2.05) is 6.20 Å². The Morgan fingerprint density at radius 2 is 1.79 bits per heavy atom. The average molecular weight is 440 g/mol. The van der Waals surface area contributed by atoms with Crippen molar-refractivity contribution in [3.63, 3.8) is 0 Å². The van der Waals surface area contributed by atoms with Crippen molar-refractivity contribution in [3.8, 4) is 0 Å². The van der Waals surface area contributed by atoms with Gasteiger partial charge >= 0.3 is 0 Å². The van der Waals surface area contributed by atoms with E-state index in [2.05, 4.69) is 76.2 Å². The lowest BCUT2D eigenvalue weighted by Crippen LogP contribution is -2.32. The van der Waals surface area contributed by atoms with Crippen LogP contribution in [0.5, 0.6) is 0 Å². The third-order valence-corrected chi connectivity index (χ3v) is 6.75. The van der Waals surface area contributed by atoms with Gasteiger partial charge in [-0.25, -0.2) is 4.98 Å². The van der Waals surface area contributed by atoms with Crippen LogP contribution in [0, 0.1) is 0 Å². The molecule has 33 heavy (non-hydrogen) atoms. The Morgan fingerprint density at radius 1 is 0.939 bits per heavy atom. The van der Waals surface area contributed by atoms with Gasteiger partial charge in [0.15, 0.2) is 0 Å². The predicted molar refractivity (Wildman–Crippen MR) is 134 cm³/mol. The second kappa shape index (κ2) is 10.3. The number of para-hydroxylation sites is 2. The van der Waals surface area contributed by atoms with Gasteiger partial charge < -0.3 is 10.3 Å². The molecule has 0 bridgehead atoms. The molecular weight excluding hydrogens is 406 g/mol. The molecule has 2 N–H and O–H groups in total. The molecule has 4 aromatic rings. The highest BCUT2D eigenvalue weighted by atomic mass is 15.2. The van der Waals surface area contributed by atoms with Crippen LogP contribution >= 0.6 is 0 Å². The number of pyridine rings is 1. The van der Waals surface area contributed by atoms with Gasteiger partial charge in [0.1, 0.15) is 5.82 Å². The number of benzene rings is 2. The van der Waals surface area contributed by atoms with Crippen LogP contribution in [0.1, 0.15) is 54.4 Å². The number of hydrogen-bond acceptors (Lipinski definition) is 4. The SMILES string of the molecule is NCCCCn1c(CN(Cc2ccccc2)C2CCCc3cccnc32)nc2ccccc21. The van der Waals surface area contributed by atoms with E-state index < -0.39 is 0 Å². The Morgan fingerprint density at radius 3 is 2.67 bits per heavy atom. The smallest absolute Gasteiger partial charge is 0.124 e. The van der Waals surface area contributed by atoms with Crippen LogP contribution in [0.2, 0.25) is 0 Å². The first-order valence-corrected chi connectivity index (χ1v) is 12.2. The molecule has 0 saturated carbocycles. The summed E-state index contributed by atoms with van der Waals surface area (Å²) in [6.45, 7) is 3.36. The third kappa shape index (κ3) is 4.85. The number of aryl methyl sites for hydroxylation is 2. The number of fused-ring (bicyclic) bond motifs is 2. The van der Waals surface area contributed by atoms with Crippen molar-refractivity contribution in [1.29, 1.82) is 0 Å². The van der Waals surface area contributed by atoms with Crippen LogP contribution < -0.4 is 5.73 Å². The number of unbranched alkanes of at least 4 members (excludes halogenated alkanes) is 1. The summed E-state index contributed by atoms with van der Waals surface area (Å²) in [6, 6.07) is 23.9. The number of hydrogen-bond donors (Lipinski definition) is 1. The third-order valence-electron chi connectivity index (χ3n) is 6.75. The van der Waals surface area contributed by atoms with Crippen molar-refractivity contribution in [2.24, 2.45) is 5.73 Å². The summed E-state index contributed by atoms with van der Waals surface area (Å²) < 4.78 is 2.41. The summed E-state index contributed by atoms with van der Waals surface area (Å²) in [5, 5.41) is 0. The van der Waals surface area contributed by atoms with E-state index in [0.717, 1.165) is 63.2 Å². The van der Waals surface area contributed by atoms with Gasteiger partial charge in [0.25, 0.3) is 0 Å². The molecule has 2 heterocycles. The van der Waals surface area contributed by atoms with Gasteiger partial charge in [0.2, 0.25) is 0 Å².